The van der Waals surface area contributed by atoms with E-state index in [2.05, 4.69) is 0 Å². The molecule has 0 aromatic carbocycles. The number of alkyl halides is 1. The molecule has 5 nitrogen and oxygen atoms in total. The average molecular weight is 318 g/mol. The fourth-order valence-corrected chi connectivity index (χ4v) is 3.11. The Kier molecular flexibility index (Phi) is 5.02. The molecular weight excluding hydrogens is 294 g/mol. The Labute approximate surface area is 130 Å². The molecule has 21 heavy (non-hydrogen) atoms. The third-order valence-corrected chi connectivity index (χ3v) is 4.25. The Bertz CT molecular complexity index is 399. The van der Waals surface area contributed by atoms with E-state index in [-0.39, 0.29) is 24.0 Å². The van der Waals surface area contributed by atoms with E-state index in [4.69, 9.17) is 21.1 Å². The minimum absolute atomic E-state index is 0.0156. The summed E-state index contributed by atoms with van der Waals surface area (Å²) in [6.07, 6.45) is 2.51. The molecule has 120 valence electrons. The molecule has 2 aliphatic rings. The van der Waals surface area contributed by atoms with Crippen molar-refractivity contribution >= 4 is 23.7 Å². The van der Waals surface area contributed by atoms with Crippen LogP contribution in [0.4, 0.5) is 4.79 Å². The number of ether oxygens (including phenoxy) is 2. The zero-order valence-corrected chi connectivity index (χ0v) is 13.7. The highest BCUT2D eigenvalue weighted by molar-refractivity contribution is 6.17. The SMILES string of the molecule is CC(C)(C)OC(=O)N1CCC(C2CC2C(=O)OCCl)CC1. The van der Waals surface area contributed by atoms with Gasteiger partial charge in [-0.15, -0.1) is 0 Å². The lowest BCUT2D eigenvalue weighted by Gasteiger charge is -2.33. The van der Waals surface area contributed by atoms with E-state index in [1.807, 2.05) is 20.8 Å². The van der Waals surface area contributed by atoms with Crippen molar-refractivity contribution in [1.82, 2.24) is 4.90 Å². The van der Waals surface area contributed by atoms with Gasteiger partial charge in [-0.1, -0.05) is 11.6 Å². The van der Waals surface area contributed by atoms with Crippen molar-refractivity contribution in [1.29, 1.82) is 0 Å². The normalized spacial score (nSPS) is 26.4. The van der Waals surface area contributed by atoms with Gasteiger partial charge in [0.25, 0.3) is 0 Å². The zero-order valence-electron chi connectivity index (χ0n) is 12.9. The van der Waals surface area contributed by atoms with Crippen molar-refractivity contribution < 1.29 is 19.1 Å². The summed E-state index contributed by atoms with van der Waals surface area (Å²) in [6, 6.07) is -0.0703. The van der Waals surface area contributed by atoms with E-state index < -0.39 is 5.60 Å². The highest BCUT2D eigenvalue weighted by atomic mass is 35.5. The molecule has 1 saturated heterocycles. The van der Waals surface area contributed by atoms with Gasteiger partial charge in [0.05, 0.1) is 5.92 Å². The van der Waals surface area contributed by atoms with Crippen LogP contribution in [0.5, 0.6) is 0 Å². The molecule has 0 spiro atoms. The molecule has 1 amide bonds. The maximum absolute atomic E-state index is 12.0. The molecule has 6 heteroatoms. The van der Waals surface area contributed by atoms with Crippen LogP contribution < -0.4 is 0 Å². The molecule has 2 unspecified atom stereocenters. The van der Waals surface area contributed by atoms with Crippen LogP contribution in [0.15, 0.2) is 0 Å². The zero-order chi connectivity index (χ0) is 15.6. The molecule has 2 fully saturated rings. The fraction of sp³-hybridized carbons (Fsp3) is 0.867. The molecule has 1 aliphatic carbocycles. The average Bonchev–Trinajstić information content (AvgIpc) is 3.17. The number of halogens is 1. The monoisotopic (exact) mass is 317 g/mol. The summed E-state index contributed by atoms with van der Waals surface area (Å²) in [6.45, 7) is 7.01. The van der Waals surface area contributed by atoms with Crippen molar-refractivity contribution in [3.8, 4) is 0 Å². The second-order valence-corrected chi connectivity index (χ2v) is 7.10. The molecule has 0 aromatic heterocycles. The number of rotatable bonds is 3. The summed E-state index contributed by atoms with van der Waals surface area (Å²) in [5, 5.41) is 0. The van der Waals surface area contributed by atoms with Gasteiger partial charge >= 0.3 is 12.1 Å². The maximum atomic E-state index is 12.0. The van der Waals surface area contributed by atoms with Crippen molar-refractivity contribution in [2.45, 2.75) is 45.6 Å². The lowest BCUT2D eigenvalue weighted by molar-refractivity contribution is -0.143. The second kappa shape index (κ2) is 6.42. The minimum atomic E-state index is -0.458. The third kappa shape index (κ3) is 4.50. The summed E-state index contributed by atoms with van der Waals surface area (Å²) < 4.78 is 10.2. The van der Waals surface area contributed by atoms with Crippen LogP contribution in [-0.2, 0) is 14.3 Å². The lowest BCUT2D eigenvalue weighted by Crippen LogP contribution is -2.42. The van der Waals surface area contributed by atoms with E-state index in [0.29, 0.717) is 24.9 Å². The summed E-state index contributed by atoms with van der Waals surface area (Å²) in [7, 11) is 0. The Balaban J connectivity index is 1.75. The van der Waals surface area contributed by atoms with E-state index in [0.717, 1.165) is 19.3 Å². The van der Waals surface area contributed by atoms with Crippen LogP contribution in [0.3, 0.4) is 0 Å². The number of hydrogen-bond acceptors (Lipinski definition) is 4. The Hall–Kier alpha value is -0.970. The van der Waals surface area contributed by atoms with E-state index in [9.17, 15) is 9.59 Å². The number of hydrogen-bond donors (Lipinski definition) is 0. The maximum Gasteiger partial charge on any atom is 0.410 e. The molecule has 1 heterocycles. The predicted molar refractivity (Wildman–Crippen MR) is 78.9 cm³/mol. The van der Waals surface area contributed by atoms with Crippen LogP contribution in [-0.4, -0.2) is 41.7 Å². The fourth-order valence-electron chi connectivity index (χ4n) is 3.00. The quantitative estimate of drug-likeness (QED) is 0.593. The molecule has 0 bridgehead atoms. The van der Waals surface area contributed by atoms with E-state index in [1.165, 1.54) is 0 Å². The molecule has 0 aromatic rings. The molecule has 2 rings (SSSR count). The standard InChI is InChI=1S/C15H24ClNO4/c1-15(2,3)21-14(19)17-6-4-10(5-7-17)11-8-12(11)13(18)20-9-16/h10-12H,4-9H2,1-3H3. The first-order valence-electron chi connectivity index (χ1n) is 7.52. The molecule has 0 radical (unpaired) electrons. The smallest absolute Gasteiger partial charge is 0.410 e. The van der Waals surface area contributed by atoms with Crippen molar-refractivity contribution in [2.75, 3.05) is 19.2 Å². The van der Waals surface area contributed by atoms with Crippen molar-refractivity contribution in [3.63, 3.8) is 0 Å². The number of nitrogens with zero attached hydrogens (tertiary/aromatic N) is 1. The summed E-state index contributed by atoms with van der Waals surface area (Å²) >= 11 is 5.41. The Morgan fingerprint density at radius 2 is 1.86 bits per heavy atom. The van der Waals surface area contributed by atoms with Crippen LogP contribution in [0.1, 0.15) is 40.0 Å². The molecule has 1 aliphatic heterocycles. The number of esters is 1. The number of likely N-dealkylation sites (tertiary alicyclic amines) is 1. The number of carbonyl (C=O) groups excluding carboxylic acids is 2. The molecule has 0 N–H and O–H groups in total. The Morgan fingerprint density at radius 1 is 1.24 bits per heavy atom. The van der Waals surface area contributed by atoms with Crippen LogP contribution in [0.2, 0.25) is 0 Å². The van der Waals surface area contributed by atoms with E-state index >= 15 is 0 Å². The topological polar surface area (TPSA) is 55.8 Å². The van der Waals surface area contributed by atoms with Gasteiger partial charge in [-0.3, -0.25) is 4.79 Å². The summed E-state index contributed by atoms with van der Waals surface area (Å²) in [5.74, 6) is 0.740. The first-order valence-corrected chi connectivity index (χ1v) is 8.06. The molecule has 1 saturated carbocycles. The van der Waals surface area contributed by atoms with Crippen LogP contribution in [0, 0.1) is 17.8 Å². The van der Waals surface area contributed by atoms with Gasteiger partial charge in [0.1, 0.15) is 5.60 Å². The van der Waals surface area contributed by atoms with Crippen molar-refractivity contribution in [2.24, 2.45) is 17.8 Å². The number of amides is 1. The van der Waals surface area contributed by atoms with Gasteiger partial charge in [0.15, 0.2) is 6.07 Å². The van der Waals surface area contributed by atoms with Gasteiger partial charge < -0.3 is 14.4 Å². The van der Waals surface area contributed by atoms with Gasteiger partial charge in [-0.05, 0) is 51.9 Å². The Morgan fingerprint density at radius 3 is 2.38 bits per heavy atom. The first kappa shape index (κ1) is 16.4. The number of piperidine rings is 1. The first-order chi connectivity index (χ1) is 9.81. The second-order valence-electron chi connectivity index (χ2n) is 6.88. The van der Waals surface area contributed by atoms with Gasteiger partial charge in [-0.25, -0.2) is 4.79 Å². The predicted octanol–water partition coefficient (Wildman–Crippen LogP) is 3.01. The van der Waals surface area contributed by atoms with Crippen molar-refractivity contribution in [3.05, 3.63) is 0 Å². The third-order valence-electron chi connectivity index (χ3n) is 4.14. The van der Waals surface area contributed by atoms with Crippen LogP contribution >= 0.6 is 11.6 Å². The summed E-state index contributed by atoms with van der Waals surface area (Å²) in [5.41, 5.74) is -0.458. The van der Waals surface area contributed by atoms with Gasteiger partial charge in [0, 0.05) is 13.1 Å². The van der Waals surface area contributed by atoms with Gasteiger partial charge in [0.2, 0.25) is 0 Å². The minimum Gasteiger partial charge on any atom is -0.449 e. The highest BCUT2D eigenvalue weighted by Gasteiger charge is 2.49. The summed E-state index contributed by atoms with van der Waals surface area (Å²) in [4.78, 5) is 25.3. The molecular formula is C15H24ClNO4. The van der Waals surface area contributed by atoms with Gasteiger partial charge in [-0.2, -0.15) is 0 Å². The molecule has 2 atom stereocenters. The highest BCUT2D eigenvalue weighted by Crippen LogP contribution is 2.48. The van der Waals surface area contributed by atoms with E-state index in [1.54, 1.807) is 4.90 Å². The lowest BCUT2D eigenvalue weighted by atomic mass is 9.91. The number of carbonyl (C=O) groups is 2. The van der Waals surface area contributed by atoms with Crippen LogP contribution in [0.25, 0.3) is 0 Å². The largest absolute Gasteiger partial charge is 0.449 e.